The fourth-order valence-corrected chi connectivity index (χ4v) is 1.85. The molecule has 19 heavy (non-hydrogen) atoms. The molecule has 2 aromatic rings. The third kappa shape index (κ3) is 2.75. The van der Waals surface area contributed by atoms with Crippen LogP contribution in [0.4, 0.5) is 8.78 Å². The second kappa shape index (κ2) is 5.13. The van der Waals surface area contributed by atoms with E-state index in [-0.39, 0.29) is 17.8 Å². The maximum atomic E-state index is 13.6. The molecule has 7 heteroatoms. The van der Waals surface area contributed by atoms with Gasteiger partial charge in [-0.2, -0.15) is 0 Å². The standard InChI is InChI=1S/C12H12F2N4O/c1-7(11-8(13)3-2-4-9(11)14)5-18-6-10(12(15)19)16-17-18/h2-4,6-7H,5H2,1H3,(H2,15,19). The van der Waals surface area contributed by atoms with E-state index >= 15 is 0 Å². The maximum Gasteiger partial charge on any atom is 0.270 e. The molecule has 1 aromatic carbocycles. The van der Waals surface area contributed by atoms with Crippen LogP contribution in [0, 0.1) is 11.6 Å². The molecule has 1 heterocycles. The largest absolute Gasteiger partial charge is 0.364 e. The van der Waals surface area contributed by atoms with Crippen molar-refractivity contribution in [2.45, 2.75) is 19.4 Å². The maximum absolute atomic E-state index is 13.6. The zero-order chi connectivity index (χ0) is 14.0. The number of carbonyl (C=O) groups excluding carboxylic acids is 1. The van der Waals surface area contributed by atoms with E-state index in [1.54, 1.807) is 6.92 Å². The fourth-order valence-electron chi connectivity index (χ4n) is 1.85. The number of nitrogens with two attached hydrogens (primary N) is 1. The molecule has 1 amide bonds. The highest BCUT2D eigenvalue weighted by atomic mass is 19.1. The van der Waals surface area contributed by atoms with Gasteiger partial charge in [0.15, 0.2) is 5.69 Å². The van der Waals surface area contributed by atoms with Crippen LogP contribution in [0.3, 0.4) is 0 Å². The van der Waals surface area contributed by atoms with Crippen molar-refractivity contribution in [1.82, 2.24) is 15.0 Å². The number of amides is 1. The normalized spacial score (nSPS) is 12.4. The molecular weight excluding hydrogens is 254 g/mol. The van der Waals surface area contributed by atoms with Gasteiger partial charge in [0.1, 0.15) is 11.6 Å². The zero-order valence-corrected chi connectivity index (χ0v) is 10.2. The number of halogens is 2. The van der Waals surface area contributed by atoms with Crippen LogP contribution in [0.15, 0.2) is 24.4 Å². The van der Waals surface area contributed by atoms with Gasteiger partial charge in [-0.15, -0.1) is 5.10 Å². The first-order chi connectivity index (χ1) is 8.99. The minimum atomic E-state index is -0.698. The van der Waals surface area contributed by atoms with Crippen LogP contribution >= 0.6 is 0 Å². The number of nitrogens with zero attached hydrogens (tertiary/aromatic N) is 3. The molecule has 0 spiro atoms. The number of hydrogen-bond donors (Lipinski definition) is 1. The molecule has 0 aliphatic carbocycles. The third-order valence-corrected chi connectivity index (χ3v) is 2.74. The van der Waals surface area contributed by atoms with Crippen LogP contribution in [0.1, 0.15) is 28.9 Å². The van der Waals surface area contributed by atoms with E-state index in [1.165, 1.54) is 29.1 Å². The summed E-state index contributed by atoms with van der Waals surface area (Å²) in [5, 5.41) is 7.24. The van der Waals surface area contributed by atoms with Crippen LogP contribution in [-0.4, -0.2) is 20.9 Å². The highest BCUT2D eigenvalue weighted by Crippen LogP contribution is 2.23. The van der Waals surface area contributed by atoms with E-state index in [2.05, 4.69) is 10.3 Å². The molecule has 0 saturated heterocycles. The molecule has 5 nitrogen and oxygen atoms in total. The van der Waals surface area contributed by atoms with Gasteiger partial charge >= 0.3 is 0 Å². The average molecular weight is 266 g/mol. The van der Waals surface area contributed by atoms with Crippen LogP contribution < -0.4 is 5.73 Å². The summed E-state index contributed by atoms with van der Waals surface area (Å²) in [7, 11) is 0. The van der Waals surface area contributed by atoms with Crippen molar-refractivity contribution in [3.63, 3.8) is 0 Å². The van der Waals surface area contributed by atoms with Crippen molar-refractivity contribution >= 4 is 5.91 Å². The second-order valence-corrected chi connectivity index (χ2v) is 4.23. The molecule has 0 aliphatic heterocycles. The number of aromatic nitrogens is 3. The van der Waals surface area contributed by atoms with Crippen molar-refractivity contribution in [3.8, 4) is 0 Å². The van der Waals surface area contributed by atoms with Gasteiger partial charge in [0.2, 0.25) is 0 Å². The Hall–Kier alpha value is -2.31. The lowest BCUT2D eigenvalue weighted by Gasteiger charge is -2.13. The van der Waals surface area contributed by atoms with Crippen molar-refractivity contribution in [2.24, 2.45) is 5.73 Å². The molecule has 0 fully saturated rings. The summed E-state index contributed by atoms with van der Waals surface area (Å²) >= 11 is 0. The minimum Gasteiger partial charge on any atom is -0.364 e. The summed E-state index contributed by atoms with van der Waals surface area (Å²) in [5.41, 5.74) is 5.04. The molecule has 1 atom stereocenters. The van der Waals surface area contributed by atoms with E-state index in [0.29, 0.717) is 0 Å². The van der Waals surface area contributed by atoms with E-state index in [0.717, 1.165) is 0 Å². The summed E-state index contributed by atoms with van der Waals surface area (Å²) in [6, 6.07) is 3.71. The smallest absolute Gasteiger partial charge is 0.270 e. The Balaban J connectivity index is 2.20. The summed E-state index contributed by atoms with van der Waals surface area (Å²) in [6.45, 7) is 1.85. The van der Waals surface area contributed by atoms with Crippen LogP contribution in [-0.2, 0) is 6.54 Å². The Bertz CT molecular complexity index is 591. The average Bonchev–Trinajstić information content (AvgIpc) is 2.77. The summed E-state index contributed by atoms with van der Waals surface area (Å²) in [6.07, 6.45) is 1.34. The quantitative estimate of drug-likeness (QED) is 0.910. The number of rotatable bonds is 4. The van der Waals surface area contributed by atoms with Crippen LogP contribution in [0.25, 0.3) is 0 Å². The van der Waals surface area contributed by atoms with Crippen molar-refractivity contribution in [3.05, 3.63) is 47.3 Å². The van der Waals surface area contributed by atoms with Gasteiger partial charge < -0.3 is 5.73 Å². The van der Waals surface area contributed by atoms with Gasteiger partial charge in [0, 0.05) is 18.0 Å². The molecule has 0 saturated carbocycles. The van der Waals surface area contributed by atoms with Crippen molar-refractivity contribution in [1.29, 1.82) is 0 Å². The molecule has 1 unspecified atom stereocenters. The number of carbonyl (C=O) groups is 1. The second-order valence-electron chi connectivity index (χ2n) is 4.23. The van der Waals surface area contributed by atoms with Gasteiger partial charge in [-0.1, -0.05) is 18.2 Å². The Morgan fingerprint density at radius 2 is 2.05 bits per heavy atom. The molecule has 0 bridgehead atoms. The van der Waals surface area contributed by atoms with Gasteiger partial charge in [0.25, 0.3) is 5.91 Å². The molecule has 0 radical (unpaired) electrons. The van der Waals surface area contributed by atoms with Gasteiger partial charge in [0.05, 0.1) is 6.20 Å². The van der Waals surface area contributed by atoms with Crippen LogP contribution in [0.5, 0.6) is 0 Å². The summed E-state index contributed by atoms with van der Waals surface area (Å²) in [4.78, 5) is 10.9. The first-order valence-electron chi connectivity index (χ1n) is 5.63. The monoisotopic (exact) mass is 266 g/mol. The molecular formula is C12H12F2N4O. The predicted molar refractivity (Wildman–Crippen MR) is 63.3 cm³/mol. The Morgan fingerprint density at radius 3 is 2.58 bits per heavy atom. The Labute approximate surface area is 108 Å². The van der Waals surface area contributed by atoms with E-state index in [1.807, 2.05) is 0 Å². The van der Waals surface area contributed by atoms with Crippen LogP contribution in [0.2, 0.25) is 0 Å². The number of hydrogen-bond acceptors (Lipinski definition) is 3. The SMILES string of the molecule is CC(Cn1cc(C(N)=O)nn1)c1c(F)cccc1F. The molecule has 1 aromatic heterocycles. The number of primary amides is 1. The van der Waals surface area contributed by atoms with Crippen molar-refractivity contribution in [2.75, 3.05) is 0 Å². The molecule has 2 rings (SSSR count). The first-order valence-corrected chi connectivity index (χ1v) is 5.63. The first kappa shape index (κ1) is 13.1. The topological polar surface area (TPSA) is 73.8 Å². The fraction of sp³-hybridized carbons (Fsp3) is 0.250. The van der Waals surface area contributed by atoms with E-state index in [9.17, 15) is 13.6 Å². The minimum absolute atomic E-state index is 0.0150. The highest BCUT2D eigenvalue weighted by Gasteiger charge is 2.17. The number of benzene rings is 1. The van der Waals surface area contributed by atoms with Crippen molar-refractivity contribution < 1.29 is 13.6 Å². The lowest BCUT2D eigenvalue weighted by molar-refractivity contribution is 0.0995. The highest BCUT2D eigenvalue weighted by molar-refractivity contribution is 5.90. The predicted octanol–water partition coefficient (Wildman–Crippen LogP) is 1.46. The lowest BCUT2D eigenvalue weighted by atomic mass is 10.00. The van der Waals surface area contributed by atoms with E-state index in [4.69, 9.17) is 5.73 Å². The zero-order valence-electron chi connectivity index (χ0n) is 10.2. The van der Waals surface area contributed by atoms with Gasteiger partial charge in [-0.3, -0.25) is 9.48 Å². The van der Waals surface area contributed by atoms with Gasteiger partial charge in [-0.05, 0) is 12.1 Å². The lowest BCUT2D eigenvalue weighted by Crippen LogP contribution is -2.12. The Morgan fingerprint density at radius 1 is 1.42 bits per heavy atom. The Kier molecular flexibility index (Phi) is 3.55. The molecule has 2 N–H and O–H groups in total. The van der Waals surface area contributed by atoms with Gasteiger partial charge in [-0.25, -0.2) is 8.78 Å². The summed E-state index contributed by atoms with van der Waals surface area (Å²) < 4.78 is 28.5. The molecule has 100 valence electrons. The summed E-state index contributed by atoms with van der Waals surface area (Å²) in [5.74, 6) is -2.37. The van der Waals surface area contributed by atoms with E-state index < -0.39 is 23.5 Å². The molecule has 0 aliphatic rings. The third-order valence-electron chi connectivity index (χ3n) is 2.74.